The summed E-state index contributed by atoms with van der Waals surface area (Å²) in [5.74, 6) is -0.325. The van der Waals surface area contributed by atoms with E-state index in [0.717, 1.165) is 0 Å². The lowest BCUT2D eigenvalue weighted by atomic mass is 10.2. The zero-order valence-corrected chi connectivity index (χ0v) is 8.29. The molecule has 1 rings (SSSR count). The van der Waals surface area contributed by atoms with Crippen molar-refractivity contribution >= 4 is 5.97 Å². The van der Waals surface area contributed by atoms with Gasteiger partial charge in [0.1, 0.15) is 12.2 Å². The van der Waals surface area contributed by atoms with Gasteiger partial charge in [0.2, 0.25) is 0 Å². The van der Waals surface area contributed by atoms with Gasteiger partial charge in [-0.15, -0.1) is 0 Å². The van der Waals surface area contributed by atoms with Gasteiger partial charge in [-0.25, -0.2) is 4.39 Å². The van der Waals surface area contributed by atoms with Gasteiger partial charge in [0.25, 0.3) is 0 Å². The predicted octanol–water partition coefficient (Wildman–Crippen LogP) is 0.980. The van der Waals surface area contributed by atoms with Crippen molar-refractivity contribution < 1.29 is 13.9 Å². The number of ether oxygens (including phenoxy) is 1. The van der Waals surface area contributed by atoms with E-state index >= 15 is 0 Å². The minimum atomic E-state index is -0.897. The maximum absolute atomic E-state index is 13.0. The topological polar surface area (TPSA) is 29.5 Å². The van der Waals surface area contributed by atoms with Crippen LogP contribution in [0.15, 0.2) is 0 Å². The van der Waals surface area contributed by atoms with Gasteiger partial charge in [-0.05, 0) is 13.8 Å². The molecule has 0 aromatic rings. The Morgan fingerprint density at radius 3 is 2.69 bits per heavy atom. The third kappa shape index (κ3) is 2.18. The van der Waals surface area contributed by atoms with Crippen LogP contribution in [0.25, 0.3) is 0 Å². The molecule has 0 aliphatic carbocycles. The van der Waals surface area contributed by atoms with Crippen LogP contribution in [-0.4, -0.2) is 42.8 Å². The van der Waals surface area contributed by atoms with Gasteiger partial charge in [-0.1, -0.05) is 0 Å². The van der Waals surface area contributed by atoms with Crippen LogP contribution in [0, 0.1) is 0 Å². The summed E-state index contributed by atoms with van der Waals surface area (Å²) >= 11 is 0. The molecule has 0 spiro atoms. The predicted molar refractivity (Wildman–Crippen MR) is 47.2 cm³/mol. The minimum absolute atomic E-state index is 0.185. The summed E-state index contributed by atoms with van der Waals surface area (Å²) in [6.07, 6.45) is -0.628. The molecule has 0 aromatic carbocycles. The quantitative estimate of drug-likeness (QED) is 0.606. The summed E-state index contributed by atoms with van der Waals surface area (Å²) in [7, 11) is 1.34. The first kappa shape index (κ1) is 10.4. The van der Waals surface area contributed by atoms with Crippen LogP contribution in [0.3, 0.4) is 0 Å². The highest BCUT2D eigenvalue weighted by Gasteiger charge is 2.38. The van der Waals surface area contributed by atoms with E-state index in [-0.39, 0.29) is 24.5 Å². The molecule has 3 nitrogen and oxygen atoms in total. The number of rotatable bonds is 2. The molecule has 4 heteroatoms. The number of halogens is 1. The largest absolute Gasteiger partial charge is 0.468 e. The Morgan fingerprint density at radius 1 is 1.62 bits per heavy atom. The highest BCUT2D eigenvalue weighted by Crippen LogP contribution is 2.23. The molecule has 1 aliphatic rings. The Bertz CT molecular complexity index is 196. The van der Waals surface area contributed by atoms with Crippen molar-refractivity contribution in [3.05, 3.63) is 0 Å². The van der Waals surface area contributed by atoms with Crippen LogP contribution in [0.5, 0.6) is 0 Å². The fraction of sp³-hybridized carbons (Fsp3) is 0.889. The number of hydrogen-bond donors (Lipinski definition) is 0. The lowest BCUT2D eigenvalue weighted by molar-refractivity contribution is -0.146. The number of likely N-dealkylation sites (tertiary alicyclic amines) is 1. The van der Waals surface area contributed by atoms with Crippen LogP contribution in [0.1, 0.15) is 20.3 Å². The molecular formula is C9H16FNO2. The van der Waals surface area contributed by atoms with Gasteiger partial charge < -0.3 is 4.74 Å². The lowest BCUT2D eigenvalue weighted by Crippen LogP contribution is -2.41. The number of nitrogens with zero attached hydrogens (tertiary/aromatic N) is 1. The molecule has 0 radical (unpaired) electrons. The van der Waals surface area contributed by atoms with Gasteiger partial charge in [-0.2, -0.15) is 0 Å². The van der Waals surface area contributed by atoms with Crippen LogP contribution in [0.2, 0.25) is 0 Å². The molecule has 1 fully saturated rings. The zero-order chi connectivity index (χ0) is 10.0. The fourth-order valence-corrected chi connectivity index (χ4v) is 1.75. The summed E-state index contributed by atoms with van der Waals surface area (Å²) in [4.78, 5) is 13.1. The molecule has 0 saturated carbocycles. The van der Waals surface area contributed by atoms with Crippen molar-refractivity contribution in [1.29, 1.82) is 0 Å². The monoisotopic (exact) mass is 189 g/mol. The Kier molecular flexibility index (Phi) is 3.25. The summed E-state index contributed by atoms with van der Waals surface area (Å²) in [6.45, 7) is 4.25. The van der Waals surface area contributed by atoms with Crippen molar-refractivity contribution in [2.24, 2.45) is 0 Å². The second kappa shape index (κ2) is 4.05. The van der Waals surface area contributed by atoms with Crippen molar-refractivity contribution in [2.75, 3.05) is 13.7 Å². The van der Waals surface area contributed by atoms with E-state index in [0.29, 0.717) is 6.54 Å². The van der Waals surface area contributed by atoms with Gasteiger partial charge >= 0.3 is 5.97 Å². The van der Waals surface area contributed by atoms with Crippen molar-refractivity contribution in [1.82, 2.24) is 4.90 Å². The molecule has 0 bridgehead atoms. The number of hydrogen-bond acceptors (Lipinski definition) is 3. The smallest absolute Gasteiger partial charge is 0.323 e. The second-order valence-electron chi connectivity index (χ2n) is 3.66. The Labute approximate surface area is 77.9 Å². The van der Waals surface area contributed by atoms with Gasteiger partial charge in [-0.3, -0.25) is 9.69 Å². The summed E-state index contributed by atoms with van der Waals surface area (Å²) < 4.78 is 17.6. The lowest BCUT2D eigenvalue weighted by Gasteiger charge is -2.25. The normalized spacial score (nSPS) is 29.6. The van der Waals surface area contributed by atoms with E-state index in [4.69, 9.17) is 0 Å². The molecule has 0 amide bonds. The number of carbonyl (C=O) groups excluding carboxylic acids is 1. The standard InChI is InChI=1S/C9H16FNO2/c1-6(2)11-5-7(10)4-8(11)9(12)13-3/h6-8H,4-5H2,1-3H3. The average Bonchev–Trinajstić information content (AvgIpc) is 2.46. The summed E-state index contributed by atoms with van der Waals surface area (Å²) in [5.41, 5.74) is 0. The van der Waals surface area contributed by atoms with E-state index in [2.05, 4.69) is 4.74 Å². The highest BCUT2D eigenvalue weighted by molar-refractivity contribution is 5.76. The van der Waals surface area contributed by atoms with E-state index in [1.807, 2.05) is 18.7 Å². The van der Waals surface area contributed by atoms with E-state index in [1.165, 1.54) is 7.11 Å². The first-order valence-electron chi connectivity index (χ1n) is 4.54. The SMILES string of the molecule is COC(=O)C1CC(F)CN1C(C)C. The fourth-order valence-electron chi connectivity index (χ4n) is 1.75. The second-order valence-corrected chi connectivity index (χ2v) is 3.66. The van der Waals surface area contributed by atoms with Crippen molar-refractivity contribution in [2.45, 2.75) is 38.5 Å². The molecule has 0 N–H and O–H groups in total. The third-order valence-corrected chi connectivity index (χ3v) is 2.42. The molecule has 1 saturated heterocycles. The molecule has 13 heavy (non-hydrogen) atoms. The number of methoxy groups -OCH3 is 1. The maximum atomic E-state index is 13.0. The van der Waals surface area contributed by atoms with Crippen LogP contribution in [-0.2, 0) is 9.53 Å². The Balaban J connectivity index is 2.66. The third-order valence-electron chi connectivity index (χ3n) is 2.42. The number of esters is 1. The first-order valence-corrected chi connectivity index (χ1v) is 4.54. The van der Waals surface area contributed by atoms with E-state index in [9.17, 15) is 9.18 Å². The molecular weight excluding hydrogens is 173 g/mol. The molecule has 76 valence electrons. The summed E-state index contributed by atoms with van der Waals surface area (Å²) in [5, 5.41) is 0. The number of carbonyl (C=O) groups is 1. The first-order chi connectivity index (χ1) is 6.06. The van der Waals surface area contributed by atoms with Gasteiger partial charge in [0, 0.05) is 19.0 Å². The molecule has 2 unspecified atom stereocenters. The van der Waals surface area contributed by atoms with Gasteiger partial charge in [0.05, 0.1) is 7.11 Å². The van der Waals surface area contributed by atoms with Gasteiger partial charge in [0.15, 0.2) is 0 Å². The van der Waals surface area contributed by atoms with E-state index < -0.39 is 6.17 Å². The van der Waals surface area contributed by atoms with Crippen molar-refractivity contribution in [3.63, 3.8) is 0 Å². The molecule has 0 aromatic heterocycles. The zero-order valence-electron chi connectivity index (χ0n) is 8.29. The van der Waals surface area contributed by atoms with Crippen LogP contribution in [0.4, 0.5) is 4.39 Å². The Morgan fingerprint density at radius 2 is 2.23 bits per heavy atom. The highest BCUT2D eigenvalue weighted by atomic mass is 19.1. The minimum Gasteiger partial charge on any atom is -0.468 e. The maximum Gasteiger partial charge on any atom is 0.323 e. The summed E-state index contributed by atoms with van der Waals surface area (Å²) in [6, 6.07) is -0.204. The number of alkyl halides is 1. The van der Waals surface area contributed by atoms with E-state index in [1.54, 1.807) is 0 Å². The average molecular weight is 189 g/mol. The van der Waals surface area contributed by atoms with Crippen molar-refractivity contribution in [3.8, 4) is 0 Å². The Hall–Kier alpha value is -0.640. The van der Waals surface area contributed by atoms with Crippen LogP contribution >= 0.6 is 0 Å². The van der Waals surface area contributed by atoms with Crippen LogP contribution < -0.4 is 0 Å². The molecule has 1 heterocycles. The molecule has 1 aliphatic heterocycles. The molecule has 2 atom stereocenters.